The number of hydrogen-bond acceptors (Lipinski definition) is 6. The molecule has 0 saturated heterocycles. The molecule has 6 nitrogen and oxygen atoms in total. The lowest BCUT2D eigenvalue weighted by atomic mass is 9.96. The summed E-state index contributed by atoms with van der Waals surface area (Å²) in [6.07, 6.45) is 2.05. The van der Waals surface area contributed by atoms with E-state index in [1.54, 1.807) is 11.9 Å². The molecular formula is C17H30N2O4S2. The molecule has 2 atom stereocenters. The van der Waals surface area contributed by atoms with Crippen LogP contribution in [-0.4, -0.2) is 50.8 Å². The third-order valence-electron chi connectivity index (χ3n) is 3.79. The highest BCUT2D eigenvalue weighted by Crippen LogP contribution is 2.26. The maximum atomic E-state index is 11.7. The highest BCUT2D eigenvalue weighted by atomic mass is 32.1. The van der Waals surface area contributed by atoms with Crippen LogP contribution in [0, 0.1) is 5.92 Å². The molecule has 25 heavy (non-hydrogen) atoms. The Bertz CT molecular complexity index is 532. The van der Waals surface area contributed by atoms with Crippen molar-refractivity contribution in [1.82, 2.24) is 9.88 Å². The van der Waals surface area contributed by atoms with Crippen LogP contribution in [0.25, 0.3) is 0 Å². The van der Waals surface area contributed by atoms with Crippen molar-refractivity contribution in [3.8, 4) is 0 Å². The molecule has 144 valence electrons. The molecule has 1 rings (SSSR count). The first-order valence-corrected chi connectivity index (χ1v) is 9.93. The molecule has 1 heterocycles. The Morgan fingerprint density at radius 2 is 1.88 bits per heavy atom. The largest absolute Gasteiger partial charge is 0.476 e. The second-order valence-corrected chi connectivity index (χ2v) is 7.31. The Labute approximate surface area is 159 Å². The zero-order chi connectivity index (χ0) is 19.6. The number of thiol groups is 1. The molecule has 0 fully saturated rings. The third-order valence-corrected chi connectivity index (χ3v) is 5.00. The molecule has 2 N–H and O–H groups in total. The molecule has 8 heteroatoms. The van der Waals surface area contributed by atoms with Gasteiger partial charge in [0.25, 0.3) is 0 Å². The van der Waals surface area contributed by atoms with Crippen LogP contribution in [-0.2, 0) is 4.79 Å². The maximum Gasteiger partial charge on any atom is 0.355 e. The lowest BCUT2D eigenvalue weighted by Crippen LogP contribution is -2.42. The number of nitrogens with zero attached hydrogens (tertiary/aromatic N) is 2. The summed E-state index contributed by atoms with van der Waals surface area (Å²) in [6.45, 7) is 8.29. The van der Waals surface area contributed by atoms with Gasteiger partial charge < -0.3 is 15.1 Å². The van der Waals surface area contributed by atoms with E-state index in [2.05, 4.69) is 31.5 Å². The average Bonchev–Trinajstić information content (AvgIpc) is 3.08. The number of aromatic nitrogens is 1. The zero-order valence-corrected chi connectivity index (χ0v) is 17.3. The highest BCUT2D eigenvalue weighted by molar-refractivity contribution is 7.81. The van der Waals surface area contributed by atoms with Crippen LogP contribution in [0.5, 0.6) is 0 Å². The van der Waals surface area contributed by atoms with Crippen molar-refractivity contribution >= 4 is 35.8 Å². The average molecular weight is 391 g/mol. The predicted octanol–water partition coefficient (Wildman–Crippen LogP) is 3.48. The van der Waals surface area contributed by atoms with E-state index in [0.29, 0.717) is 11.4 Å². The topological polar surface area (TPSA) is 90.7 Å². The molecule has 0 spiro atoms. The van der Waals surface area contributed by atoms with Crippen LogP contribution in [0.3, 0.4) is 0 Å². The number of carboxylic acid groups (broad SMARTS) is 1. The summed E-state index contributed by atoms with van der Waals surface area (Å²) in [5, 5.41) is 20.8. The smallest absolute Gasteiger partial charge is 0.355 e. The Morgan fingerprint density at radius 1 is 1.32 bits per heavy atom. The Kier molecular flexibility index (Phi) is 11.7. The minimum Gasteiger partial charge on any atom is -0.476 e. The normalized spacial score (nSPS) is 13.0. The molecule has 0 aliphatic carbocycles. The van der Waals surface area contributed by atoms with E-state index in [4.69, 9.17) is 5.11 Å². The van der Waals surface area contributed by atoms with Gasteiger partial charge >= 0.3 is 5.97 Å². The molecule has 2 unspecified atom stereocenters. The van der Waals surface area contributed by atoms with Crippen LogP contribution in [0.4, 0.5) is 0 Å². The van der Waals surface area contributed by atoms with E-state index in [1.807, 2.05) is 13.8 Å². The number of amides is 1. The number of rotatable bonds is 8. The number of aliphatic hydroxyl groups excluding tert-OH is 1. The van der Waals surface area contributed by atoms with Gasteiger partial charge in [0, 0.05) is 24.9 Å². The molecule has 0 aliphatic rings. The van der Waals surface area contributed by atoms with Crippen molar-refractivity contribution < 1.29 is 19.8 Å². The summed E-state index contributed by atoms with van der Waals surface area (Å²) in [4.78, 5) is 28.0. The van der Waals surface area contributed by atoms with Crippen LogP contribution in [0.1, 0.15) is 68.6 Å². The first-order chi connectivity index (χ1) is 11.7. The number of aromatic carboxylic acids is 1. The molecule has 0 radical (unpaired) electrons. The first-order valence-electron chi connectivity index (χ1n) is 8.42. The fraction of sp³-hybridized carbons (Fsp3) is 0.706. The van der Waals surface area contributed by atoms with Gasteiger partial charge in [0.1, 0.15) is 11.1 Å². The second kappa shape index (κ2) is 12.3. The van der Waals surface area contributed by atoms with Gasteiger partial charge in [0.05, 0.1) is 5.75 Å². The van der Waals surface area contributed by atoms with Crippen molar-refractivity contribution in [3.05, 3.63) is 16.1 Å². The molecule has 0 saturated carbocycles. The number of hydrogen-bond donors (Lipinski definition) is 3. The van der Waals surface area contributed by atoms with E-state index in [9.17, 15) is 14.7 Å². The summed E-state index contributed by atoms with van der Waals surface area (Å²) in [6, 6.07) is -0.170. The minimum atomic E-state index is -1.12. The number of carbonyl (C=O) groups excluding carboxylic acids is 1. The standard InChI is InChI=1S/C13H20N2O4S2.C4H10/c1-7(2)9(15(3)11(17)5-20)4-10(16)12-14-8(6-21-12)13(18)19;1-3-4-2/h6-7,9-10,16,20H,4-5H2,1-3H3,(H,18,19);3-4H2,1-2H3. The zero-order valence-electron chi connectivity index (χ0n) is 15.6. The molecule has 1 aromatic rings. The van der Waals surface area contributed by atoms with Gasteiger partial charge in [-0.05, 0) is 5.92 Å². The fourth-order valence-electron chi connectivity index (χ4n) is 2.04. The lowest BCUT2D eigenvalue weighted by molar-refractivity contribution is -0.130. The number of unbranched alkanes of at least 4 members (excludes halogenated alkanes) is 1. The van der Waals surface area contributed by atoms with Crippen LogP contribution in [0.15, 0.2) is 5.38 Å². The van der Waals surface area contributed by atoms with Crippen LogP contribution >= 0.6 is 24.0 Å². The van der Waals surface area contributed by atoms with E-state index in [-0.39, 0.29) is 29.3 Å². The van der Waals surface area contributed by atoms with E-state index in [0.717, 1.165) is 11.3 Å². The van der Waals surface area contributed by atoms with Crippen molar-refractivity contribution in [2.24, 2.45) is 5.92 Å². The van der Waals surface area contributed by atoms with Crippen molar-refractivity contribution in [1.29, 1.82) is 0 Å². The van der Waals surface area contributed by atoms with Crippen LogP contribution in [0.2, 0.25) is 0 Å². The Balaban J connectivity index is 0.00000129. The summed E-state index contributed by atoms with van der Waals surface area (Å²) in [5.41, 5.74) is -0.0741. The van der Waals surface area contributed by atoms with Crippen molar-refractivity contribution in [2.45, 2.75) is 59.1 Å². The molecule has 1 amide bonds. The lowest BCUT2D eigenvalue weighted by Gasteiger charge is -2.32. The Hall–Kier alpha value is -1.12. The molecule has 0 aliphatic heterocycles. The van der Waals surface area contributed by atoms with Gasteiger partial charge in [-0.2, -0.15) is 12.6 Å². The fourth-order valence-corrected chi connectivity index (χ4v) is 3.06. The highest BCUT2D eigenvalue weighted by Gasteiger charge is 2.27. The van der Waals surface area contributed by atoms with Gasteiger partial charge in [-0.3, -0.25) is 4.79 Å². The van der Waals surface area contributed by atoms with Crippen LogP contribution < -0.4 is 0 Å². The third kappa shape index (κ3) is 8.20. The summed E-state index contributed by atoms with van der Waals surface area (Å²) in [7, 11) is 1.68. The van der Waals surface area contributed by atoms with Crippen molar-refractivity contribution in [3.63, 3.8) is 0 Å². The number of thiazole rings is 1. The van der Waals surface area contributed by atoms with Gasteiger partial charge in [-0.1, -0.05) is 40.5 Å². The molecule has 0 aromatic carbocycles. The quantitative estimate of drug-likeness (QED) is 0.591. The maximum absolute atomic E-state index is 11.7. The monoisotopic (exact) mass is 390 g/mol. The molecule has 1 aromatic heterocycles. The molecule has 0 bridgehead atoms. The van der Waals surface area contributed by atoms with E-state index < -0.39 is 12.1 Å². The predicted molar refractivity (Wildman–Crippen MR) is 104 cm³/mol. The van der Waals surface area contributed by atoms with Crippen molar-refractivity contribution in [2.75, 3.05) is 12.8 Å². The summed E-state index contributed by atoms with van der Waals surface area (Å²) < 4.78 is 0. The van der Waals surface area contributed by atoms with Gasteiger partial charge in [-0.25, -0.2) is 9.78 Å². The number of aliphatic hydroxyl groups is 1. The second-order valence-electron chi connectivity index (χ2n) is 6.10. The van der Waals surface area contributed by atoms with Gasteiger partial charge in [0.15, 0.2) is 5.69 Å². The van der Waals surface area contributed by atoms with Gasteiger partial charge in [0.2, 0.25) is 5.91 Å². The summed E-state index contributed by atoms with van der Waals surface area (Å²) in [5.74, 6) is -0.981. The SMILES string of the molecule is CC(C)C(CC(O)c1nc(C(=O)O)cs1)N(C)C(=O)CS.CCCC. The first kappa shape index (κ1) is 23.9. The van der Waals surface area contributed by atoms with E-state index >= 15 is 0 Å². The number of carbonyl (C=O) groups is 2. The Morgan fingerprint density at radius 3 is 2.24 bits per heavy atom. The summed E-state index contributed by atoms with van der Waals surface area (Å²) >= 11 is 5.08. The van der Waals surface area contributed by atoms with Gasteiger partial charge in [-0.15, -0.1) is 11.3 Å². The van der Waals surface area contributed by atoms with E-state index in [1.165, 1.54) is 18.2 Å². The minimum absolute atomic E-state index is 0.0741. The number of carboxylic acids is 1. The molecular weight excluding hydrogens is 360 g/mol.